The summed E-state index contributed by atoms with van der Waals surface area (Å²) < 4.78 is 0. The van der Waals surface area contributed by atoms with E-state index in [4.69, 9.17) is 0 Å². The first-order chi connectivity index (χ1) is 4.24. The zero-order chi connectivity index (χ0) is 8.12. The molecule has 0 bridgehead atoms. The molecule has 0 aromatic carbocycles. The van der Waals surface area contributed by atoms with E-state index in [1.54, 1.807) is 0 Å². The quantitative estimate of drug-likeness (QED) is 0.502. The van der Waals surface area contributed by atoms with Gasteiger partial charge < -0.3 is 0 Å². The summed E-state index contributed by atoms with van der Waals surface area (Å²) >= 11 is 0.690. The summed E-state index contributed by atoms with van der Waals surface area (Å²) in [5.41, 5.74) is 0. The molecular formula is C6H18Sn3. The normalized spacial score (nSPS) is 6.00. The molecule has 9 heavy (non-hydrogen) atoms. The van der Waals surface area contributed by atoms with Gasteiger partial charge in [-0.2, -0.15) is 0 Å². The summed E-state index contributed by atoms with van der Waals surface area (Å²) in [5, 5.41) is 0. The van der Waals surface area contributed by atoms with Crippen LogP contribution >= 0.6 is 0 Å². The van der Waals surface area contributed by atoms with E-state index in [2.05, 4.69) is 29.6 Å². The number of rotatable bonds is 0. The van der Waals surface area contributed by atoms with E-state index in [-0.39, 0.29) is 63.4 Å². The second kappa shape index (κ2) is 31.5. The standard InChI is InChI=1S/6CH3.3Sn/h6*1H3;;;. The summed E-state index contributed by atoms with van der Waals surface area (Å²) in [7, 11) is 0. The summed E-state index contributed by atoms with van der Waals surface area (Å²) in [4.78, 5) is 13.8. The summed E-state index contributed by atoms with van der Waals surface area (Å²) in [5.74, 6) is 0. The van der Waals surface area contributed by atoms with Gasteiger partial charge in [-0.05, 0) is 0 Å². The molecule has 0 rings (SSSR count). The fourth-order valence-corrected chi connectivity index (χ4v) is 0. The molecule has 0 aliphatic heterocycles. The zero-order valence-corrected chi connectivity index (χ0v) is 16.1. The Morgan fingerprint density at radius 1 is 0.444 bits per heavy atom. The first-order valence-electron chi connectivity index (χ1n) is 3.00. The Balaban J connectivity index is -0.0000000600. The molecule has 0 aromatic heterocycles. The van der Waals surface area contributed by atoms with Crippen LogP contribution in [0.2, 0.25) is 29.6 Å². The molecule has 6 radical (unpaired) electrons. The first kappa shape index (κ1) is 17.5. The van der Waals surface area contributed by atoms with Crippen LogP contribution in [0, 0.1) is 0 Å². The Morgan fingerprint density at radius 2 is 0.444 bits per heavy atom. The van der Waals surface area contributed by atoms with Crippen LogP contribution in [0.5, 0.6) is 0 Å². The topological polar surface area (TPSA) is 0 Å². The maximum absolute atomic E-state index is 2.30. The van der Waals surface area contributed by atoms with Gasteiger partial charge in [0.2, 0.25) is 0 Å². The Hall–Kier alpha value is 2.40. The van der Waals surface area contributed by atoms with Gasteiger partial charge in [0.25, 0.3) is 0 Å². The fourth-order valence-electron chi connectivity index (χ4n) is 0. The Kier molecular flexibility index (Phi) is 61.2. The van der Waals surface area contributed by atoms with Crippen LogP contribution in [-0.4, -0.2) is 63.4 Å². The predicted octanol–water partition coefficient (Wildman–Crippen LogP) is 2.36. The van der Waals surface area contributed by atoms with Crippen molar-refractivity contribution in [2.24, 2.45) is 0 Å². The van der Waals surface area contributed by atoms with E-state index in [0.717, 1.165) is 0 Å². The number of hydrogen-bond acceptors (Lipinski definition) is 0. The molecule has 0 saturated heterocycles. The molecule has 0 aromatic rings. The van der Waals surface area contributed by atoms with Crippen LogP contribution in [0.3, 0.4) is 0 Å². The first-order valence-corrected chi connectivity index (χ1v) is 20.1. The number of hydrogen-bond donors (Lipinski definition) is 0. The molecule has 0 nitrogen and oxygen atoms in total. The average molecular weight is 446 g/mol. The summed E-state index contributed by atoms with van der Waals surface area (Å²) in [6.45, 7) is 0. The molecule has 0 amide bonds. The van der Waals surface area contributed by atoms with Gasteiger partial charge in [-0.25, -0.2) is 0 Å². The predicted molar refractivity (Wildman–Crippen MR) is 52.4 cm³/mol. The average Bonchev–Trinajstić information content (AvgIpc) is 1.70. The van der Waals surface area contributed by atoms with Crippen molar-refractivity contribution in [3.8, 4) is 0 Å². The molecular weight excluding hydrogens is 428 g/mol. The van der Waals surface area contributed by atoms with Crippen LogP contribution < -0.4 is 0 Å². The molecule has 0 atom stereocenters. The van der Waals surface area contributed by atoms with Crippen molar-refractivity contribution in [3.05, 3.63) is 0 Å². The van der Waals surface area contributed by atoms with Gasteiger partial charge in [0.1, 0.15) is 0 Å². The molecule has 3 heteroatoms. The van der Waals surface area contributed by atoms with Crippen molar-refractivity contribution in [2.75, 3.05) is 0 Å². The van der Waals surface area contributed by atoms with Gasteiger partial charge in [-0.3, -0.25) is 0 Å². The van der Waals surface area contributed by atoms with Crippen LogP contribution in [0.25, 0.3) is 0 Å². The molecule has 0 fully saturated rings. The molecule has 0 unspecified atom stereocenters. The van der Waals surface area contributed by atoms with E-state index in [1.807, 2.05) is 0 Å². The van der Waals surface area contributed by atoms with Crippen molar-refractivity contribution in [1.82, 2.24) is 0 Å². The van der Waals surface area contributed by atoms with Crippen molar-refractivity contribution in [3.63, 3.8) is 0 Å². The van der Waals surface area contributed by atoms with Gasteiger partial charge in [-0.1, -0.05) is 0 Å². The third-order valence-corrected chi connectivity index (χ3v) is 0. The minimum absolute atomic E-state index is 0.230. The van der Waals surface area contributed by atoms with E-state index in [0.29, 0.717) is 0 Å². The SMILES string of the molecule is [CH3][Sn][CH3].[CH3][Sn][CH3].[CH3][Sn][CH3]. The van der Waals surface area contributed by atoms with E-state index in [9.17, 15) is 0 Å². The van der Waals surface area contributed by atoms with Crippen molar-refractivity contribution < 1.29 is 0 Å². The van der Waals surface area contributed by atoms with Crippen molar-refractivity contribution in [1.29, 1.82) is 0 Å². The molecule has 0 heterocycles. The summed E-state index contributed by atoms with van der Waals surface area (Å²) in [6.07, 6.45) is 0. The van der Waals surface area contributed by atoms with Gasteiger partial charge in [0.15, 0.2) is 0 Å². The molecule has 0 aliphatic rings. The molecule has 0 N–H and O–H groups in total. The van der Waals surface area contributed by atoms with Gasteiger partial charge in [-0.15, -0.1) is 0 Å². The van der Waals surface area contributed by atoms with Crippen LogP contribution in [0.4, 0.5) is 0 Å². The van der Waals surface area contributed by atoms with E-state index < -0.39 is 0 Å². The van der Waals surface area contributed by atoms with Crippen molar-refractivity contribution >= 4 is 63.4 Å². The Labute approximate surface area is 91.6 Å². The Bertz CT molecular complexity index is 13.0. The molecule has 0 saturated carbocycles. The van der Waals surface area contributed by atoms with Gasteiger partial charge in [0, 0.05) is 0 Å². The third-order valence-electron chi connectivity index (χ3n) is 0. The Morgan fingerprint density at radius 3 is 0.444 bits per heavy atom. The van der Waals surface area contributed by atoms with E-state index in [1.165, 1.54) is 0 Å². The maximum atomic E-state index is 2.30. The van der Waals surface area contributed by atoms with Gasteiger partial charge in [0.05, 0.1) is 0 Å². The zero-order valence-electron chi connectivity index (χ0n) is 7.50. The van der Waals surface area contributed by atoms with E-state index >= 15 is 0 Å². The molecule has 54 valence electrons. The second-order valence-corrected chi connectivity index (χ2v) is 10.1. The van der Waals surface area contributed by atoms with Crippen LogP contribution in [-0.2, 0) is 0 Å². The van der Waals surface area contributed by atoms with Crippen LogP contribution in [0.1, 0.15) is 0 Å². The second-order valence-electron chi connectivity index (χ2n) is 1.50. The third kappa shape index (κ3) is 128. The minimum atomic E-state index is 0.230. The van der Waals surface area contributed by atoms with Gasteiger partial charge >= 0.3 is 93.1 Å². The fraction of sp³-hybridized carbons (Fsp3) is 1.00. The monoisotopic (exact) mass is 450 g/mol. The van der Waals surface area contributed by atoms with Crippen molar-refractivity contribution in [2.45, 2.75) is 29.6 Å². The summed E-state index contributed by atoms with van der Waals surface area (Å²) in [6, 6.07) is 0. The van der Waals surface area contributed by atoms with Crippen LogP contribution in [0.15, 0.2) is 0 Å². The molecule has 0 spiro atoms. The molecule has 0 aliphatic carbocycles.